The van der Waals surface area contributed by atoms with Crippen molar-refractivity contribution in [3.8, 4) is 11.1 Å². The van der Waals surface area contributed by atoms with E-state index < -0.39 is 41.9 Å². The van der Waals surface area contributed by atoms with Gasteiger partial charge in [0.2, 0.25) is 5.91 Å². The SMILES string of the molecule is O=C(O)[C@H](Cc1ccccc1)NC(=O)[C@H](Cc1ccccc1)N1C(=O)N[C@@H](Cc2ccc(-c3ccc(Cl)cc3)cc2)C1=O. The molecule has 0 spiro atoms. The Morgan fingerprint density at radius 3 is 1.86 bits per heavy atom. The summed E-state index contributed by atoms with van der Waals surface area (Å²) in [7, 11) is 0. The second kappa shape index (κ2) is 13.4. The highest BCUT2D eigenvalue weighted by Crippen LogP contribution is 2.24. The van der Waals surface area contributed by atoms with Crippen LogP contribution in [0.5, 0.6) is 0 Å². The van der Waals surface area contributed by atoms with Crippen LogP contribution in [0.25, 0.3) is 11.1 Å². The lowest BCUT2D eigenvalue weighted by Crippen LogP contribution is -2.55. The second-order valence-corrected chi connectivity index (χ2v) is 10.8. The van der Waals surface area contributed by atoms with Gasteiger partial charge in [0.05, 0.1) is 0 Å². The Labute approximate surface area is 254 Å². The monoisotopic (exact) mass is 595 g/mol. The van der Waals surface area contributed by atoms with Crippen LogP contribution in [0.4, 0.5) is 4.79 Å². The number of halogens is 1. The molecule has 0 aliphatic carbocycles. The number of carbonyl (C=O) groups is 4. The maximum absolute atomic E-state index is 13.6. The minimum Gasteiger partial charge on any atom is -0.480 e. The number of hydrogen-bond acceptors (Lipinski definition) is 4. The Balaban J connectivity index is 1.34. The van der Waals surface area contributed by atoms with Crippen LogP contribution in [0, 0.1) is 0 Å². The van der Waals surface area contributed by atoms with E-state index in [0.29, 0.717) is 5.02 Å². The van der Waals surface area contributed by atoms with Gasteiger partial charge in [-0.1, -0.05) is 109 Å². The van der Waals surface area contributed by atoms with E-state index in [1.165, 1.54) is 0 Å². The zero-order valence-electron chi connectivity index (χ0n) is 23.2. The topological polar surface area (TPSA) is 116 Å². The number of rotatable bonds is 11. The lowest BCUT2D eigenvalue weighted by molar-refractivity contribution is -0.143. The standard InChI is InChI=1S/C34H30ClN3O5/c35-27-17-15-26(16-18-27)25-13-11-24(12-14-25)19-28-32(40)38(34(43)37-28)30(21-23-9-5-2-6-10-23)31(39)36-29(33(41)42)20-22-7-3-1-4-8-22/h1-18,28-30H,19-21H2,(H,36,39)(H,37,43)(H,41,42)/t28-,29-,30-/m0/s1. The average molecular weight is 596 g/mol. The Bertz CT molecular complexity index is 1600. The quantitative estimate of drug-likeness (QED) is 0.214. The molecular weight excluding hydrogens is 566 g/mol. The summed E-state index contributed by atoms with van der Waals surface area (Å²) in [4.78, 5) is 53.4. The second-order valence-electron chi connectivity index (χ2n) is 10.4. The molecule has 3 N–H and O–H groups in total. The molecule has 1 saturated heterocycles. The average Bonchev–Trinajstić information content (AvgIpc) is 3.29. The fraction of sp³-hybridized carbons (Fsp3) is 0.176. The van der Waals surface area contributed by atoms with Gasteiger partial charge in [0.25, 0.3) is 5.91 Å². The number of aliphatic carboxylic acids is 1. The Morgan fingerprint density at radius 2 is 1.30 bits per heavy atom. The van der Waals surface area contributed by atoms with Crippen molar-refractivity contribution in [1.29, 1.82) is 0 Å². The van der Waals surface area contributed by atoms with Gasteiger partial charge in [-0.05, 0) is 39.9 Å². The highest BCUT2D eigenvalue weighted by atomic mass is 35.5. The molecule has 0 saturated carbocycles. The van der Waals surface area contributed by atoms with E-state index in [1.807, 2.05) is 60.7 Å². The molecule has 0 bridgehead atoms. The van der Waals surface area contributed by atoms with E-state index >= 15 is 0 Å². The summed E-state index contributed by atoms with van der Waals surface area (Å²) in [6.45, 7) is 0. The van der Waals surface area contributed by atoms with Gasteiger partial charge in [-0.3, -0.25) is 9.59 Å². The summed E-state index contributed by atoms with van der Waals surface area (Å²) >= 11 is 5.99. The van der Waals surface area contributed by atoms with E-state index in [4.69, 9.17) is 11.6 Å². The fourth-order valence-electron chi connectivity index (χ4n) is 5.15. The smallest absolute Gasteiger partial charge is 0.326 e. The molecule has 4 aromatic carbocycles. The zero-order chi connectivity index (χ0) is 30.3. The van der Waals surface area contributed by atoms with Gasteiger partial charge in [-0.25, -0.2) is 14.5 Å². The van der Waals surface area contributed by atoms with Crippen molar-refractivity contribution < 1.29 is 24.3 Å². The number of carbonyl (C=O) groups excluding carboxylic acids is 3. The first-order valence-electron chi connectivity index (χ1n) is 13.9. The Morgan fingerprint density at radius 1 is 0.767 bits per heavy atom. The molecule has 1 aliphatic heterocycles. The third kappa shape index (κ3) is 7.28. The Hall–Kier alpha value is -4.95. The van der Waals surface area contributed by atoms with Gasteiger partial charge < -0.3 is 15.7 Å². The van der Waals surface area contributed by atoms with Crippen LogP contribution < -0.4 is 10.6 Å². The summed E-state index contributed by atoms with van der Waals surface area (Å²) in [5.41, 5.74) is 4.25. The molecule has 1 aliphatic rings. The third-order valence-corrected chi connectivity index (χ3v) is 7.66. The number of imide groups is 1. The lowest BCUT2D eigenvalue weighted by Gasteiger charge is -2.26. The van der Waals surface area contributed by atoms with Crippen LogP contribution in [0.15, 0.2) is 109 Å². The summed E-state index contributed by atoms with van der Waals surface area (Å²) in [6, 6.07) is 29.0. The third-order valence-electron chi connectivity index (χ3n) is 7.41. The van der Waals surface area contributed by atoms with E-state index in [-0.39, 0.29) is 19.3 Å². The molecule has 43 heavy (non-hydrogen) atoms. The molecule has 0 aromatic heterocycles. The van der Waals surface area contributed by atoms with Crippen molar-refractivity contribution in [2.24, 2.45) is 0 Å². The molecule has 3 atom stereocenters. The summed E-state index contributed by atoms with van der Waals surface area (Å²) in [5, 5.41) is 15.8. The maximum Gasteiger partial charge on any atom is 0.326 e. The number of carboxylic acids is 1. The van der Waals surface area contributed by atoms with Crippen LogP contribution in [0.1, 0.15) is 16.7 Å². The van der Waals surface area contributed by atoms with Crippen LogP contribution in [-0.4, -0.2) is 51.9 Å². The fourth-order valence-corrected chi connectivity index (χ4v) is 5.28. The van der Waals surface area contributed by atoms with Crippen LogP contribution >= 0.6 is 11.6 Å². The zero-order valence-corrected chi connectivity index (χ0v) is 23.9. The van der Waals surface area contributed by atoms with Crippen molar-refractivity contribution in [3.05, 3.63) is 131 Å². The summed E-state index contributed by atoms with van der Waals surface area (Å²) in [5.74, 6) is -2.48. The predicted molar refractivity (Wildman–Crippen MR) is 163 cm³/mol. The van der Waals surface area contributed by atoms with Crippen molar-refractivity contribution in [2.75, 3.05) is 0 Å². The summed E-state index contributed by atoms with van der Waals surface area (Å²) in [6.07, 6.45) is 0.314. The Kier molecular flexibility index (Phi) is 9.17. The van der Waals surface area contributed by atoms with Crippen molar-refractivity contribution in [1.82, 2.24) is 15.5 Å². The summed E-state index contributed by atoms with van der Waals surface area (Å²) < 4.78 is 0. The largest absolute Gasteiger partial charge is 0.480 e. The van der Waals surface area contributed by atoms with Gasteiger partial charge >= 0.3 is 12.0 Å². The normalized spacial score (nSPS) is 15.9. The minimum absolute atomic E-state index is 0.0337. The van der Waals surface area contributed by atoms with E-state index in [2.05, 4.69) is 10.6 Å². The molecule has 1 fully saturated rings. The first-order chi connectivity index (χ1) is 20.8. The highest BCUT2D eigenvalue weighted by Gasteiger charge is 2.45. The van der Waals surface area contributed by atoms with E-state index in [0.717, 1.165) is 32.7 Å². The predicted octanol–water partition coefficient (Wildman–Crippen LogP) is 4.89. The molecule has 9 heteroatoms. The van der Waals surface area contributed by atoms with Crippen LogP contribution in [-0.2, 0) is 33.6 Å². The first kappa shape index (κ1) is 29.5. The number of amides is 4. The van der Waals surface area contributed by atoms with E-state index in [9.17, 15) is 24.3 Å². The van der Waals surface area contributed by atoms with Gasteiger partial charge in [-0.15, -0.1) is 0 Å². The van der Waals surface area contributed by atoms with Crippen molar-refractivity contribution in [3.63, 3.8) is 0 Å². The van der Waals surface area contributed by atoms with E-state index in [1.54, 1.807) is 48.5 Å². The molecule has 5 rings (SSSR count). The molecule has 0 unspecified atom stereocenters. The lowest BCUT2D eigenvalue weighted by atomic mass is 9.99. The molecule has 0 radical (unpaired) electrons. The van der Waals surface area contributed by atoms with Crippen molar-refractivity contribution >= 4 is 35.4 Å². The number of hydrogen-bond donors (Lipinski definition) is 3. The number of benzene rings is 4. The number of carboxylic acid groups (broad SMARTS) is 1. The molecule has 4 amide bonds. The van der Waals surface area contributed by atoms with Gasteiger partial charge in [0.1, 0.15) is 18.1 Å². The molecule has 8 nitrogen and oxygen atoms in total. The highest BCUT2D eigenvalue weighted by molar-refractivity contribution is 6.30. The van der Waals surface area contributed by atoms with Crippen LogP contribution in [0.3, 0.4) is 0 Å². The number of urea groups is 1. The minimum atomic E-state index is -1.25. The van der Waals surface area contributed by atoms with Gasteiger partial charge in [0, 0.05) is 24.3 Å². The number of nitrogens with zero attached hydrogens (tertiary/aromatic N) is 1. The number of nitrogens with one attached hydrogen (secondary N) is 2. The van der Waals surface area contributed by atoms with Crippen LogP contribution in [0.2, 0.25) is 5.02 Å². The maximum atomic E-state index is 13.6. The van der Waals surface area contributed by atoms with Gasteiger partial charge in [-0.2, -0.15) is 0 Å². The first-order valence-corrected chi connectivity index (χ1v) is 14.3. The van der Waals surface area contributed by atoms with Gasteiger partial charge in [0.15, 0.2) is 0 Å². The molecular formula is C34H30ClN3O5. The molecule has 218 valence electrons. The molecule has 1 heterocycles. The van der Waals surface area contributed by atoms with Crippen molar-refractivity contribution in [2.45, 2.75) is 37.4 Å². The molecule has 4 aromatic rings.